The highest BCUT2D eigenvalue weighted by Gasteiger charge is 2.43. The fourth-order valence-electron chi connectivity index (χ4n) is 3.37. The molecule has 1 unspecified atom stereocenters. The van der Waals surface area contributed by atoms with Crippen LogP contribution in [0.3, 0.4) is 0 Å². The third-order valence-electron chi connectivity index (χ3n) is 4.39. The zero-order valence-corrected chi connectivity index (χ0v) is 14.0. The van der Waals surface area contributed by atoms with Crippen LogP contribution in [-0.2, 0) is 4.84 Å². The van der Waals surface area contributed by atoms with Crippen molar-refractivity contribution in [3.8, 4) is 0 Å². The molecular formula is C17H26N4O. The molecule has 1 heterocycles. The maximum Gasteiger partial charge on any atom is 0.110 e. The Labute approximate surface area is 132 Å². The van der Waals surface area contributed by atoms with Gasteiger partial charge in [0, 0.05) is 16.0 Å². The maximum absolute atomic E-state index is 8.66. The van der Waals surface area contributed by atoms with Crippen LogP contribution < -0.4 is 0 Å². The Morgan fingerprint density at radius 2 is 1.77 bits per heavy atom. The minimum atomic E-state index is -0.256. The molecule has 1 aliphatic heterocycles. The van der Waals surface area contributed by atoms with Crippen LogP contribution in [0.25, 0.3) is 10.4 Å². The van der Waals surface area contributed by atoms with Gasteiger partial charge in [-0.1, -0.05) is 35.4 Å². The summed E-state index contributed by atoms with van der Waals surface area (Å²) in [7, 11) is 0. The molecule has 0 amide bonds. The van der Waals surface area contributed by atoms with E-state index < -0.39 is 0 Å². The van der Waals surface area contributed by atoms with E-state index in [9.17, 15) is 0 Å². The highest BCUT2D eigenvalue weighted by Crippen LogP contribution is 2.40. The molecule has 5 nitrogen and oxygen atoms in total. The van der Waals surface area contributed by atoms with E-state index in [4.69, 9.17) is 10.4 Å². The summed E-state index contributed by atoms with van der Waals surface area (Å²) in [5, 5.41) is 5.86. The standard InChI is InChI=1S/C17H26N4O/c1-16(2)11-8-12-17(3,4)21(16)22-15(13-19-20-18)14-9-6-5-7-10-14/h5-7,9-10,15H,8,11-13H2,1-4H3. The Kier molecular flexibility index (Phi) is 5.12. The van der Waals surface area contributed by atoms with Crippen molar-refractivity contribution < 1.29 is 4.84 Å². The summed E-state index contributed by atoms with van der Waals surface area (Å²) in [6.45, 7) is 9.14. The van der Waals surface area contributed by atoms with Crippen LogP contribution in [0.1, 0.15) is 58.6 Å². The second kappa shape index (κ2) is 6.69. The van der Waals surface area contributed by atoms with Crippen molar-refractivity contribution in [2.24, 2.45) is 5.11 Å². The summed E-state index contributed by atoms with van der Waals surface area (Å²) >= 11 is 0. The van der Waals surface area contributed by atoms with Crippen molar-refractivity contribution >= 4 is 0 Å². The molecular weight excluding hydrogens is 276 g/mol. The van der Waals surface area contributed by atoms with Crippen LogP contribution >= 0.6 is 0 Å². The summed E-state index contributed by atoms with van der Waals surface area (Å²) in [6.07, 6.45) is 3.14. The second-order valence-electron chi connectivity index (χ2n) is 7.19. The number of azide groups is 1. The van der Waals surface area contributed by atoms with E-state index in [1.165, 1.54) is 6.42 Å². The van der Waals surface area contributed by atoms with Gasteiger partial charge < -0.3 is 0 Å². The van der Waals surface area contributed by atoms with Gasteiger partial charge in [0.05, 0.1) is 6.54 Å². The zero-order chi connectivity index (χ0) is 16.2. The topological polar surface area (TPSA) is 61.2 Å². The minimum absolute atomic E-state index is 0.0366. The van der Waals surface area contributed by atoms with Gasteiger partial charge in [0.2, 0.25) is 0 Å². The molecule has 0 radical (unpaired) electrons. The largest absolute Gasteiger partial charge is 0.290 e. The lowest BCUT2D eigenvalue weighted by Gasteiger charge is -2.52. The lowest BCUT2D eigenvalue weighted by molar-refractivity contribution is -0.305. The Hall–Kier alpha value is -1.55. The van der Waals surface area contributed by atoms with Gasteiger partial charge in [-0.25, -0.2) is 0 Å². The van der Waals surface area contributed by atoms with Crippen LogP contribution in [0, 0.1) is 0 Å². The van der Waals surface area contributed by atoms with Crippen LogP contribution in [0.2, 0.25) is 0 Å². The Morgan fingerprint density at radius 3 is 2.32 bits per heavy atom. The van der Waals surface area contributed by atoms with E-state index in [0.29, 0.717) is 6.54 Å². The summed E-state index contributed by atoms with van der Waals surface area (Å²) in [4.78, 5) is 9.27. The highest BCUT2D eigenvalue weighted by atomic mass is 16.7. The smallest absolute Gasteiger partial charge is 0.110 e. The fourth-order valence-corrected chi connectivity index (χ4v) is 3.37. The zero-order valence-electron chi connectivity index (χ0n) is 14.0. The summed E-state index contributed by atoms with van der Waals surface area (Å²) in [5.74, 6) is 0. The van der Waals surface area contributed by atoms with Gasteiger partial charge in [0.15, 0.2) is 0 Å². The lowest BCUT2D eigenvalue weighted by atomic mass is 9.82. The third kappa shape index (κ3) is 3.80. The molecule has 0 aromatic heterocycles. The number of nitrogens with zero attached hydrogens (tertiary/aromatic N) is 4. The molecule has 1 fully saturated rings. The quantitative estimate of drug-likeness (QED) is 0.436. The first-order valence-electron chi connectivity index (χ1n) is 7.90. The molecule has 1 aromatic rings. The molecule has 120 valence electrons. The van der Waals surface area contributed by atoms with Crippen molar-refractivity contribution in [3.05, 3.63) is 46.3 Å². The monoisotopic (exact) mass is 302 g/mol. The van der Waals surface area contributed by atoms with E-state index in [1.54, 1.807) is 0 Å². The van der Waals surface area contributed by atoms with Crippen molar-refractivity contribution in [1.82, 2.24) is 5.06 Å². The van der Waals surface area contributed by atoms with Crippen molar-refractivity contribution in [2.75, 3.05) is 6.54 Å². The van der Waals surface area contributed by atoms with E-state index >= 15 is 0 Å². The maximum atomic E-state index is 8.66. The number of hydrogen-bond acceptors (Lipinski definition) is 3. The van der Waals surface area contributed by atoms with E-state index in [-0.39, 0.29) is 17.2 Å². The number of benzene rings is 1. The molecule has 1 atom stereocenters. The molecule has 5 heteroatoms. The van der Waals surface area contributed by atoms with Crippen molar-refractivity contribution in [1.29, 1.82) is 0 Å². The molecule has 1 aliphatic rings. The second-order valence-corrected chi connectivity index (χ2v) is 7.19. The Bertz CT molecular complexity index is 519. The minimum Gasteiger partial charge on any atom is -0.290 e. The van der Waals surface area contributed by atoms with Crippen molar-refractivity contribution in [3.63, 3.8) is 0 Å². The van der Waals surface area contributed by atoms with Crippen LogP contribution in [0.4, 0.5) is 0 Å². The van der Waals surface area contributed by atoms with Gasteiger partial charge in [-0.3, -0.25) is 4.84 Å². The molecule has 22 heavy (non-hydrogen) atoms. The molecule has 0 bridgehead atoms. The summed E-state index contributed by atoms with van der Waals surface area (Å²) in [6, 6.07) is 9.97. The summed E-state index contributed by atoms with van der Waals surface area (Å²) in [5.41, 5.74) is 9.62. The van der Waals surface area contributed by atoms with Gasteiger partial charge in [-0.15, -0.1) is 0 Å². The Balaban J connectivity index is 2.26. The van der Waals surface area contributed by atoms with Crippen molar-refractivity contribution in [2.45, 2.75) is 64.1 Å². The first kappa shape index (κ1) is 16.8. The third-order valence-corrected chi connectivity index (χ3v) is 4.39. The number of rotatable bonds is 5. The van der Waals surface area contributed by atoms with Gasteiger partial charge >= 0.3 is 0 Å². The average Bonchev–Trinajstić information content (AvgIpc) is 2.46. The summed E-state index contributed by atoms with van der Waals surface area (Å²) < 4.78 is 0. The molecule has 1 aromatic carbocycles. The van der Waals surface area contributed by atoms with Gasteiger partial charge in [0.25, 0.3) is 0 Å². The first-order chi connectivity index (χ1) is 10.4. The number of hydroxylamine groups is 2. The first-order valence-corrected chi connectivity index (χ1v) is 7.90. The fraction of sp³-hybridized carbons (Fsp3) is 0.647. The number of piperidine rings is 1. The molecule has 0 saturated carbocycles. The molecule has 0 spiro atoms. The normalized spacial score (nSPS) is 21.8. The highest BCUT2D eigenvalue weighted by molar-refractivity contribution is 5.18. The molecule has 1 saturated heterocycles. The van der Waals surface area contributed by atoms with Crippen LogP contribution in [0.5, 0.6) is 0 Å². The van der Waals surface area contributed by atoms with Crippen LogP contribution in [0.15, 0.2) is 35.4 Å². The predicted octanol–water partition coefficient (Wildman–Crippen LogP) is 5.01. The van der Waals surface area contributed by atoms with E-state index in [2.05, 4.69) is 42.8 Å². The predicted molar refractivity (Wildman–Crippen MR) is 88.1 cm³/mol. The van der Waals surface area contributed by atoms with Gasteiger partial charge in [0.1, 0.15) is 6.10 Å². The van der Waals surface area contributed by atoms with Gasteiger partial charge in [-0.05, 0) is 58.1 Å². The van der Waals surface area contributed by atoms with Gasteiger partial charge in [-0.2, -0.15) is 5.06 Å². The van der Waals surface area contributed by atoms with E-state index in [0.717, 1.165) is 18.4 Å². The Morgan fingerprint density at radius 1 is 1.18 bits per heavy atom. The molecule has 0 aliphatic carbocycles. The lowest BCUT2D eigenvalue weighted by Crippen LogP contribution is -2.58. The molecule has 0 N–H and O–H groups in total. The SMILES string of the molecule is CC1(C)CCCC(C)(C)N1OC(CN=[N+]=[N-])c1ccccc1. The molecule has 2 rings (SSSR count). The number of hydrogen-bond donors (Lipinski definition) is 0. The average molecular weight is 302 g/mol. The van der Waals surface area contributed by atoms with E-state index in [1.807, 2.05) is 30.3 Å². The van der Waals surface area contributed by atoms with Crippen LogP contribution in [-0.4, -0.2) is 22.7 Å².